The van der Waals surface area contributed by atoms with Gasteiger partial charge in [0.1, 0.15) is 6.17 Å². The molecule has 0 radical (unpaired) electrons. The summed E-state index contributed by atoms with van der Waals surface area (Å²) in [5.74, 6) is 1.42. The fourth-order valence-electron chi connectivity index (χ4n) is 3.97. The van der Waals surface area contributed by atoms with Crippen LogP contribution in [0.15, 0.2) is 64.6 Å². The van der Waals surface area contributed by atoms with Gasteiger partial charge in [0.15, 0.2) is 5.82 Å². The summed E-state index contributed by atoms with van der Waals surface area (Å²) in [6.45, 7) is 6.06. The van der Waals surface area contributed by atoms with Crippen LogP contribution in [0.3, 0.4) is 0 Å². The van der Waals surface area contributed by atoms with E-state index in [0.717, 1.165) is 56.0 Å². The third-order valence-corrected chi connectivity index (χ3v) is 6.21. The van der Waals surface area contributed by atoms with Gasteiger partial charge in [0, 0.05) is 45.0 Å². The molecule has 1 saturated heterocycles. The molecule has 1 atom stereocenters. The Morgan fingerprint density at radius 2 is 1.94 bits per heavy atom. The van der Waals surface area contributed by atoms with Crippen LogP contribution in [0.4, 0.5) is 11.5 Å². The molecule has 9 nitrogen and oxygen atoms in total. The molecule has 0 amide bonds. The number of allylic oxidation sites excluding steroid dienone is 4. The molecule has 1 unspecified atom stereocenters. The van der Waals surface area contributed by atoms with E-state index in [9.17, 15) is 0 Å². The maximum absolute atomic E-state index is 6.39. The van der Waals surface area contributed by atoms with Gasteiger partial charge in [0.05, 0.1) is 5.69 Å². The van der Waals surface area contributed by atoms with Gasteiger partial charge in [-0.25, -0.2) is 4.99 Å². The van der Waals surface area contributed by atoms with Gasteiger partial charge in [-0.15, -0.1) is 0 Å². The SMILES string of the molecule is CC(/N=C(\N=C(/N)N(C)c1ccccc1)Nc1cc(C2=CCCC=C2)[nH]n1)N1CCN(C)CC1. The summed E-state index contributed by atoms with van der Waals surface area (Å²) in [5, 5.41) is 10.8. The molecule has 2 aromatic rings. The molecule has 1 aliphatic carbocycles. The largest absolute Gasteiger partial charge is 0.369 e. The number of nitrogens with one attached hydrogen (secondary N) is 2. The molecule has 1 fully saturated rings. The zero-order chi connectivity index (χ0) is 23.9. The van der Waals surface area contributed by atoms with Crippen LogP contribution in [0.1, 0.15) is 25.5 Å². The molecule has 34 heavy (non-hydrogen) atoms. The monoisotopic (exact) mass is 461 g/mol. The summed E-state index contributed by atoms with van der Waals surface area (Å²) >= 11 is 0. The molecule has 1 aromatic carbocycles. The highest BCUT2D eigenvalue weighted by atomic mass is 15.3. The van der Waals surface area contributed by atoms with Gasteiger partial charge in [-0.3, -0.25) is 10.00 Å². The first-order valence-corrected chi connectivity index (χ1v) is 11.8. The van der Waals surface area contributed by atoms with Gasteiger partial charge in [0.25, 0.3) is 0 Å². The molecule has 4 N–H and O–H groups in total. The van der Waals surface area contributed by atoms with E-state index < -0.39 is 0 Å². The number of nitrogens with two attached hydrogens (primary N) is 1. The van der Waals surface area contributed by atoms with E-state index in [1.807, 2.05) is 48.3 Å². The van der Waals surface area contributed by atoms with E-state index in [2.05, 4.69) is 62.5 Å². The lowest BCUT2D eigenvalue weighted by molar-refractivity contribution is 0.122. The third-order valence-electron chi connectivity index (χ3n) is 6.21. The summed E-state index contributed by atoms with van der Waals surface area (Å²) in [7, 11) is 4.04. The van der Waals surface area contributed by atoms with Crippen molar-refractivity contribution in [3.05, 3.63) is 60.3 Å². The molecule has 180 valence electrons. The number of piperazine rings is 1. The van der Waals surface area contributed by atoms with Crippen molar-refractivity contribution in [2.75, 3.05) is 50.5 Å². The van der Waals surface area contributed by atoms with Crippen molar-refractivity contribution in [1.82, 2.24) is 20.0 Å². The number of aliphatic imine (C=N–C) groups is 2. The second kappa shape index (κ2) is 11.1. The number of rotatable bonds is 5. The highest BCUT2D eigenvalue weighted by Crippen LogP contribution is 2.21. The average molecular weight is 462 g/mol. The second-order valence-corrected chi connectivity index (χ2v) is 8.72. The number of guanidine groups is 2. The Hall–Kier alpha value is -3.43. The molecule has 9 heteroatoms. The number of H-pyrrole nitrogens is 1. The summed E-state index contributed by atoms with van der Waals surface area (Å²) in [6.07, 6.45) is 8.58. The van der Waals surface area contributed by atoms with Crippen molar-refractivity contribution >= 4 is 29.0 Å². The Labute approximate surface area is 201 Å². The maximum atomic E-state index is 6.39. The fourth-order valence-corrected chi connectivity index (χ4v) is 3.97. The van der Waals surface area contributed by atoms with Crippen LogP contribution in [-0.2, 0) is 0 Å². The molecule has 0 bridgehead atoms. The van der Waals surface area contributed by atoms with E-state index in [1.165, 1.54) is 0 Å². The van der Waals surface area contributed by atoms with Crippen LogP contribution in [0, 0.1) is 0 Å². The number of para-hydroxylation sites is 1. The predicted molar refractivity (Wildman–Crippen MR) is 141 cm³/mol. The van der Waals surface area contributed by atoms with E-state index >= 15 is 0 Å². The minimum Gasteiger partial charge on any atom is -0.369 e. The lowest BCUT2D eigenvalue weighted by Crippen LogP contribution is -2.48. The molecule has 0 saturated carbocycles. The van der Waals surface area contributed by atoms with E-state index in [-0.39, 0.29) is 6.17 Å². The molecule has 2 heterocycles. The van der Waals surface area contributed by atoms with E-state index in [4.69, 9.17) is 10.7 Å². The van der Waals surface area contributed by atoms with Crippen LogP contribution >= 0.6 is 0 Å². The molecule has 2 aliphatic rings. The Morgan fingerprint density at radius 1 is 1.18 bits per heavy atom. The van der Waals surface area contributed by atoms with Crippen molar-refractivity contribution in [3.8, 4) is 0 Å². The smallest absolute Gasteiger partial charge is 0.228 e. The normalized spacial score (nSPS) is 19.1. The van der Waals surface area contributed by atoms with Crippen LogP contribution in [0.2, 0.25) is 0 Å². The van der Waals surface area contributed by atoms with Crippen molar-refractivity contribution in [2.24, 2.45) is 15.7 Å². The van der Waals surface area contributed by atoms with E-state index in [1.54, 1.807) is 0 Å². The van der Waals surface area contributed by atoms with Crippen LogP contribution < -0.4 is 16.0 Å². The first-order valence-electron chi connectivity index (χ1n) is 11.8. The minimum absolute atomic E-state index is 0.0443. The number of aromatic nitrogens is 2. The fraction of sp³-hybridized carbons (Fsp3) is 0.400. The van der Waals surface area contributed by atoms with Crippen molar-refractivity contribution in [1.29, 1.82) is 0 Å². The second-order valence-electron chi connectivity index (χ2n) is 8.72. The minimum atomic E-state index is -0.0443. The molecular weight excluding hydrogens is 426 g/mol. The van der Waals surface area contributed by atoms with Crippen molar-refractivity contribution < 1.29 is 0 Å². The van der Waals surface area contributed by atoms with Gasteiger partial charge in [-0.2, -0.15) is 10.1 Å². The summed E-state index contributed by atoms with van der Waals surface area (Å²) in [5.41, 5.74) is 9.44. The lowest BCUT2D eigenvalue weighted by atomic mass is 10.0. The van der Waals surface area contributed by atoms with E-state index in [0.29, 0.717) is 17.7 Å². The zero-order valence-corrected chi connectivity index (χ0v) is 20.3. The third kappa shape index (κ3) is 6.12. The maximum Gasteiger partial charge on any atom is 0.228 e. The van der Waals surface area contributed by atoms with Gasteiger partial charge in [0.2, 0.25) is 11.9 Å². The molecule has 1 aromatic heterocycles. The number of aromatic amines is 1. The molecule has 0 spiro atoms. The standard InChI is InChI=1S/C25H35N9/c1-19(34-16-14-32(2)15-17-34)27-25(29-24(26)33(3)21-12-8-5-9-13-21)28-23-18-22(30-31-23)20-10-6-4-7-11-20/h5-6,8-13,18-19H,4,7,14-17H2,1-3H3,(H4,26,27,28,29,30,31). The Kier molecular flexibility index (Phi) is 7.76. The summed E-state index contributed by atoms with van der Waals surface area (Å²) < 4.78 is 0. The highest BCUT2D eigenvalue weighted by Gasteiger charge is 2.20. The molecule has 4 rings (SSSR count). The molecule has 1 aliphatic heterocycles. The topological polar surface area (TPSA) is 101 Å². The number of nitrogens with zero attached hydrogens (tertiary/aromatic N) is 6. The zero-order valence-electron chi connectivity index (χ0n) is 20.3. The van der Waals surface area contributed by atoms with Crippen molar-refractivity contribution in [3.63, 3.8) is 0 Å². The average Bonchev–Trinajstić information content (AvgIpc) is 3.33. The summed E-state index contributed by atoms with van der Waals surface area (Å²) in [4.78, 5) is 16.1. The first kappa shape index (κ1) is 23.7. The van der Waals surface area contributed by atoms with Gasteiger partial charge < -0.3 is 20.9 Å². The number of hydrogen-bond acceptors (Lipinski definition) is 4. The lowest BCUT2D eigenvalue weighted by Gasteiger charge is -2.34. The number of anilines is 2. The van der Waals surface area contributed by atoms with Gasteiger partial charge in [-0.05, 0) is 44.5 Å². The number of likely N-dealkylation sites (N-methyl/N-ethyl adjacent to an activating group) is 1. The predicted octanol–water partition coefficient (Wildman–Crippen LogP) is 2.96. The first-order chi connectivity index (χ1) is 16.5. The van der Waals surface area contributed by atoms with Gasteiger partial charge in [-0.1, -0.05) is 36.4 Å². The highest BCUT2D eigenvalue weighted by molar-refractivity contribution is 6.06. The Bertz CT molecular complexity index is 1060. The van der Waals surface area contributed by atoms with Crippen molar-refractivity contribution in [2.45, 2.75) is 25.9 Å². The quantitative estimate of drug-likeness (QED) is 0.468. The van der Waals surface area contributed by atoms with Crippen LogP contribution in [-0.4, -0.2) is 78.4 Å². The number of hydrogen-bond donors (Lipinski definition) is 3. The molecular formula is C25H35N9. The van der Waals surface area contributed by atoms with Crippen LogP contribution in [0.5, 0.6) is 0 Å². The number of benzene rings is 1. The Morgan fingerprint density at radius 3 is 2.65 bits per heavy atom. The van der Waals surface area contributed by atoms with Crippen LogP contribution in [0.25, 0.3) is 5.57 Å². The summed E-state index contributed by atoms with van der Waals surface area (Å²) in [6, 6.07) is 11.9. The Balaban J connectivity index is 1.56. The van der Waals surface area contributed by atoms with Gasteiger partial charge >= 0.3 is 0 Å².